The molecule has 0 aliphatic heterocycles. The van der Waals surface area contributed by atoms with Crippen LogP contribution in [0, 0.1) is 0 Å². The second-order valence-corrected chi connectivity index (χ2v) is 6.06. The second kappa shape index (κ2) is 4.65. The molecule has 0 saturated heterocycles. The number of hydrogen-bond donors (Lipinski definition) is 1. The number of benzene rings is 2. The molecule has 3 rings (SSSR count). The molecular weight excluding hydrogens is 372 g/mol. The number of phenols is 1. The summed E-state index contributed by atoms with van der Waals surface area (Å²) < 4.78 is 3.70. The third-order valence-electron chi connectivity index (χ3n) is 3.05. The minimum absolute atomic E-state index is 0.214. The highest BCUT2D eigenvalue weighted by Gasteiger charge is 2.11. The summed E-state index contributed by atoms with van der Waals surface area (Å²) in [5, 5.41) is 9.78. The van der Waals surface area contributed by atoms with E-state index in [1.54, 1.807) is 6.07 Å². The van der Waals surface area contributed by atoms with Crippen molar-refractivity contribution in [2.45, 2.75) is 0 Å². The molecule has 0 fully saturated rings. The van der Waals surface area contributed by atoms with Crippen molar-refractivity contribution in [3.63, 3.8) is 0 Å². The van der Waals surface area contributed by atoms with E-state index < -0.39 is 0 Å². The summed E-state index contributed by atoms with van der Waals surface area (Å²) in [6, 6.07) is 11.5. The van der Waals surface area contributed by atoms with Gasteiger partial charge >= 0.3 is 0 Å². The van der Waals surface area contributed by atoms with Crippen LogP contribution in [0.2, 0.25) is 0 Å². The molecule has 0 aliphatic carbocycles. The van der Waals surface area contributed by atoms with Crippen molar-refractivity contribution in [2.24, 2.45) is 7.05 Å². The van der Waals surface area contributed by atoms with E-state index in [0.29, 0.717) is 4.47 Å². The van der Waals surface area contributed by atoms with Crippen molar-refractivity contribution >= 4 is 42.9 Å². The number of aryl methyl sites for hydroxylation is 1. The van der Waals surface area contributed by atoms with Gasteiger partial charge in [-0.2, -0.15) is 0 Å². The molecule has 0 unspecified atom stereocenters. The fourth-order valence-electron chi connectivity index (χ4n) is 2.08. The van der Waals surface area contributed by atoms with Crippen molar-refractivity contribution in [3.8, 4) is 17.1 Å². The van der Waals surface area contributed by atoms with E-state index in [0.717, 1.165) is 26.9 Å². The molecular formula is C14H10Br2N2O. The first-order chi connectivity index (χ1) is 9.06. The van der Waals surface area contributed by atoms with Gasteiger partial charge in [-0.15, -0.1) is 0 Å². The van der Waals surface area contributed by atoms with Gasteiger partial charge in [0.05, 0.1) is 15.5 Å². The molecule has 1 aromatic heterocycles. The molecule has 1 heterocycles. The Morgan fingerprint density at radius 2 is 1.89 bits per heavy atom. The summed E-state index contributed by atoms with van der Waals surface area (Å²) in [4.78, 5) is 4.62. The summed E-state index contributed by atoms with van der Waals surface area (Å²) in [7, 11) is 1.97. The average Bonchev–Trinajstić information content (AvgIpc) is 2.70. The summed E-state index contributed by atoms with van der Waals surface area (Å²) in [6.45, 7) is 0. The minimum atomic E-state index is 0.214. The van der Waals surface area contributed by atoms with E-state index >= 15 is 0 Å². The number of rotatable bonds is 1. The number of hydrogen-bond acceptors (Lipinski definition) is 2. The summed E-state index contributed by atoms with van der Waals surface area (Å²) in [6.07, 6.45) is 0. The molecule has 0 amide bonds. The lowest BCUT2D eigenvalue weighted by Crippen LogP contribution is -1.92. The van der Waals surface area contributed by atoms with Gasteiger partial charge in [-0.1, -0.05) is 15.9 Å². The average molecular weight is 382 g/mol. The second-order valence-electron chi connectivity index (χ2n) is 4.29. The maximum absolute atomic E-state index is 9.78. The Hall–Kier alpha value is -1.33. The van der Waals surface area contributed by atoms with Crippen LogP contribution in [0.15, 0.2) is 45.3 Å². The lowest BCUT2D eigenvalue weighted by Gasteiger charge is -2.04. The van der Waals surface area contributed by atoms with Crippen molar-refractivity contribution in [1.29, 1.82) is 0 Å². The van der Waals surface area contributed by atoms with Gasteiger partial charge < -0.3 is 9.67 Å². The fraction of sp³-hybridized carbons (Fsp3) is 0.0714. The van der Waals surface area contributed by atoms with Crippen LogP contribution in [0.1, 0.15) is 0 Å². The third-order valence-corrected chi connectivity index (χ3v) is 4.21. The first-order valence-electron chi connectivity index (χ1n) is 5.67. The van der Waals surface area contributed by atoms with Crippen molar-refractivity contribution in [1.82, 2.24) is 9.55 Å². The van der Waals surface area contributed by atoms with Crippen LogP contribution in [-0.4, -0.2) is 14.7 Å². The molecule has 3 aromatic rings. The fourth-order valence-corrected chi connectivity index (χ4v) is 2.68. The van der Waals surface area contributed by atoms with Gasteiger partial charge in [-0.25, -0.2) is 4.98 Å². The number of imidazole rings is 1. The van der Waals surface area contributed by atoms with E-state index in [9.17, 15) is 5.11 Å². The van der Waals surface area contributed by atoms with Crippen LogP contribution in [-0.2, 0) is 7.05 Å². The van der Waals surface area contributed by atoms with Gasteiger partial charge in [0.1, 0.15) is 11.6 Å². The smallest absolute Gasteiger partial charge is 0.140 e. The Labute approximate surface area is 127 Å². The molecule has 5 heteroatoms. The predicted molar refractivity (Wildman–Crippen MR) is 83.2 cm³/mol. The first-order valence-corrected chi connectivity index (χ1v) is 7.26. The van der Waals surface area contributed by atoms with Gasteiger partial charge in [0, 0.05) is 17.1 Å². The monoisotopic (exact) mass is 380 g/mol. The number of aromatic hydroxyl groups is 1. The largest absolute Gasteiger partial charge is 0.507 e. The van der Waals surface area contributed by atoms with E-state index in [-0.39, 0.29) is 5.75 Å². The van der Waals surface area contributed by atoms with Crippen LogP contribution in [0.5, 0.6) is 5.75 Å². The quantitative estimate of drug-likeness (QED) is 0.675. The van der Waals surface area contributed by atoms with Gasteiger partial charge in [-0.05, 0) is 52.3 Å². The molecule has 3 nitrogen and oxygen atoms in total. The molecule has 19 heavy (non-hydrogen) atoms. The van der Waals surface area contributed by atoms with Gasteiger partial charge in [0.25, 0.3) is 0 Å². The van der Waals surface area contributed by atoms with Gasteiger partial charge in [0.2, 0.25) is 0 Å². The highest BCUT2D eigenvalue weighted by Crippen LogP contribution is 2.31. The standard InChI is InChI=1S/C14H10Br2N2O/c1-18-12-5-3-9(15)7-11(12)17-14(18)8-2-4-10(16)13(19)6-8/h2-7,19H,1H3. The maximum Gasteiger partial charge on any atom is 0.140 e. The van der Waals surface area contributed by atoms with Crippen LogP contribution >= 0.6 is 31.9 Å². The van der Waals surface area contributed by atoms with E-state index in [4.69, 9.17) is 0 Å². The minimum Gasteiger partial charge on any atom is -0.507 e. The molecule has 0 atom stereocenters. The van der Waals surface area contributed by atoms with Crippen LogP contribution < -0.4 is 0 Å². The highest BCUT2D eigenvalue weighted by atomic mass is 79.9. The van der Waals surface area contributed by atoms with E-state index in [1.807, 2.05) is 41.9 Å². The number of nitrogens with zero attached hydrogens (tertiary/aromatic N) is 2. The molecule has 0 bridgehead atoms. The number of halogens is 2. The van der Waals surface area contributed by atoms with Crippen LogP contribution in [0.3, 0.4) is 0 Å². The zero-order valence-corrected chi connectivity index (χ0v) is 13.2. The Bertz CT molecular complexity index is 780. The van der Waals surface area contributed by atoms with Gasteiger partial charge in [0.15, 0.2) is 0 Å². The van der Waals surface area contributed by atoms with Crippen molar-refractivity contribution < 1.29 is 5.11 Å². The zero-order chi connectivity index (χ0) is 13.6. The van der Waals surface area contributed by atoms with Crippen LogP contribution in [0.4, 0.5) is 0 Å². The lowest BCUT2D eigenvalue weighted by atomic mass is 10.2. The zero-order valence-electron chi connectivity index (χ0n) is 10.1. The van der Waals surface area contributed by atoms with Gasteiger partial charge in [-0.3, -0.25) is 0 Å². The first kappa shape index (κ1) is 12.7. The molecule has 1 N–H and O–H groups in total. The van der Waals surface area contributed by atoms with E-state index in [2.05, 4.69) is 36.8 Å². The van der Waals surface area contributed by atoms with Crippen LogP contribution in [0.25, 0.3) is 22.4 Å². The SMILES string of the molecule is Cn1c(-c2ccc(Br)c(O)c2)nc2cc(Br)ccc21. The lowest BCUT2D eigenvalue weighted by molar-refractivity contribution is 0.472. The van der Waals surface area contributed by atoms with Crippen molar-refractivity contribution in [2.75, 3.05) is 0 Å². The Balaban J connectivity index is 2.24. The third kappa shape index (κ3) is 2.17. The molecule has 0 radical (unpaired) electrons. The summed E-state index contributed by atoms with van der Waals surface area (Å²) in [5.41, 5.74) is 2.87. The Kier molecular flexibility index (Phi) is 3.11. The maximum atomic E-state index is 9.78. The topological polar surface area (TPSA) is 38.0 Å². The normalized spacial score (nSPS) is 11.1. The summed E-state index contributed by atoms with van der Waals surface area (Å²) >= 11 is 6.73. The number of phenolic OH excluding ortho intramolecular Hbond substituents is 1. The molecule has 0 spiro atoms. The molecule has 0 aliphatic rings. The number of fused-ring (bicyclic) bond motifs is 1. The molecule has 0 saturated carbocycles. The number of aromatic nitrogens is 2. The highest BCUT2D eigenvalue weighted by molar-refractivity contribution is 9.10. The molecule has 96 valence electrons. The predicted octanol–water partition coefficient (Wildman–Crippen LogP) is 4.47. The summed E-state index contributed by atoms with van der Waals surface area (Å²) in [5.74, 6) is 1.04. The Morgan fingerprint density at radius 1 is 1.11 bits per heavy atom. The van der Waals surface area contributed by atoms with E-state index in [1.165, 1.54) is 0 Å². The van der Waals surface area contributed by atoms with Crippen molar-refractivity contribution in [3.05, 3.63) is 45.3 Å². The molecule has 2 aromatic carbocycles. The Morgan fingerprint density at radius 3 is 2.63 bits per heavy atom.